The fourth-order valence-corrected chi connectivity index (χ4v) is 3.38. The second-order valence-electron chi connectivity index (χ2n) is 6.42. The van der Waals surface area contributed by atoms with Crippen molar-refractivity contribution in [2.45, 2.75) is 19.7 Å². The van der Waals surface area contributed by atoms with E-state index < -0.39 is 0 Å². The monoisotopic (exact) mass is 451 g/mol. The zero-order chi connectivity index (χ0) is 19.3. The zero-order valence-corrected chi connectivity index (χ0v) is 17.8. The van der Waals surface area contributed by atoms with Crippen LogP contribution in [0.25, 0.3) is 0 Å². The number of hydrogen-bond donors (Lipinski definition) is 1. The summed E-state index contributed by atoms with van der Waals surface area (Å²) in [5.41, 5.74) is 3.04. The van der Waals surface area contributed by atoms with E-state index in [1.54, 1.807) is 0 Å². The maximum atomic E-state index is 6.21. The van der Waals surface area contributed by atoms with E-state index in [1.165, 1.54) is 0 Å². The first-order valence-electron chi connectivity index (χ1n) is 8.93. The summed E-state index contributed by atoms with van der Waals surface area (Å²) in [5.74, 6) is 2.35. The Morgan fingerprint density at radius 3 is 2.55 bits per heavy atom. The molecule has 1 aliphatic heterocycles. The van der Waals surface area contributed by atoms with Crippen molar-refractivity contribution >= 4 is 35.6 Å². The van der Waals surface area contributed by atoms with Gasteiger partial charge >= 0.3 is 0 Å². The third kappa shape index (κ3) is 5.49. The van der Waals surface area contributed by atoms with Gasteiger partial charge in [0.1, 0.15) is 12.4 Å². The van der Waals surface area contributed by atoms with Crippen molar-refractivity contribution in [1.82, 2.24) is 5.32 Å². The third-order valence-electron chi connectivity index (χ3n) is 4.45. The summed E-state index contributed by atoms with van der Waals surface area (Å²) in [7, 11) is 0. The van der Waals surface area contributed by atoms with Crippen LogP contribution in [0.15, 0.2) is 60.7 Å². The molecule has 0 atom stereocenters. The van der Waals surface area contributed by atoms with Crippen LogP contribution in [0, 0.1) is 0 Å². The molecule has 0 bridgehead atoms. The predicted molar refractivity (Wildman–Crippen MR) is 118 cm³/mol. The molecule has 0 amide bonds. The molecule has 152 valence electrons. The highest BCUT2D eigenvalue weighted by atomic mass is 35.5. The van der Waals surface area contributed by atoms with Gasteiger partial charge in [0.25, 0.3) is 0 Å². The standard InChI is InChI=1S/C22H19Cl2NO3.ClH/c23-18-6-8-20(26-13-16-3-1-2-4-19(16)24)17(10-18)12-25-11-15-5-7-21-22(9-15)28-14-27-21;/h1-10,25H,11-14H2;1H. The second kappa shape index (κ2) is 10.1. The molecule has 1 N–H and O–H groups in total. The van der Waals surface area contributed by atoms with Gasteiger partial charge in [-0.1, -0.05) is 47.5 Å². The molecule has 29 heavy (non-hydrogen) atoms. The van der Waals surface area contributed by atoms with Crippen LogP contribution in [0.5, 0.6) is 17.2 Å². The molecule has 0 radical (unpaired) electrons. The van der Waals surface area contributed by atoms with Crippen molar-refractivity contribution in [1.29, 1.82) is 0 Å². The van der Waals surface area contributed by atoms with E-state index in [0.717, 1.165) is 33.9 Å². The van der Waals surface area contributed by atoms with Crippen LogP contribution >= 0.6 is 35.6 Å². The summed E-state index contributed by atoms with van der Waals surface area (Å²) in [4.78, 5) is 0. The van der Waals surface area contributed by atoms with Gasteiger partial charge in [0.05, 0.1) is 0 Å². The van der Waals surface area contributed by atoms with Crippen LogP contribution in [-0.2, 0) is 19.7 Å². The number of fused-ring (bicyclic) bond motifs is 1. The van der Waals surface area contributed by atoms with Gasteiger partial charge in [-0.05, 0) is 42.0 Å². The van der Waals surface area contributed by atoms with Gasteiger partial charge in [0.15, 0.2) is 11.5 Å². The van der Waals surface area contributed by atoms with Gasteiger partial charge in [0, 0.05) is 34.3 Å². The first kappa shape index (κ1) is 21.6. The molecule has 0 unspecified atom stereocenters. The van der Waals surface area contributed by atoms with Crippen LogP contribution in [0.2, 0.25) is 10.0 Å². The lowest BCUT2D eigenvalue weighted by molar-refractivity contribution is 0.174. The molecule has 0 aromatic heterocycles. The molecule has 0 spiro atoms. The average Bonchev–Trinajstić information content (AvgIpc) is 3.16. The Kier molecular flexibility index (Phi) is 7.51. The summed E-state index contributed by atoms with van der Waals surface area (Å²) >= 11 is 12.4. The average molecular weight is 453 g/mol. The fourth-order valence-electron chi connectivity index (χ4n) is 2.99. The molecule has 4 rings (SSSR count). The van der Waals surface area contributed by atoms with E-state index >= 15 is 0 Å². The van der Waals surface area contributed by atoms with Crippen molar-refractivity contribution in [2.24, 2.45) is 0 Å². The quantitative estimate of drug-likeness (QED) is 0.476. The van der Waals surface area contributed by atoms with Crippen LogP contribution in [-0.4, -0.2) is 6.79 Å². The highest BCUT2D eigenvalue weighted by Crippen LogP contribution is 2.32. The Labute approximate surface area is 186 Å². The van der Waals surface area contributed by atoms with Crippen LogP contribution < -0.4 is 19.5 Å². The smallest absolute Gasteiger partial charge is 0.231 e. The van der Waals surface area contributed by atoms with Crippen LogP contribution in [0.1, 0.15) is 16.7 Å². The molecule has 0 saturated carbocycles. The topological polar surface area (TPSA) is 39.7 Å². The van der Waals surface area contributed by atoms with E-state index in [0.29, 0.717) is 29.7 Å². The van der Waals surface area contributed by atoms with Crippen molar-refractivity contribution in [3.63, 3.8) is 0 Å². The summed E-state index contributed by atoms with van der Waals surface area (Å²) in [6.45, 7) is 1.98. The SMILES string of the molecule is Cl.Clc1ccc(OCc2ccccc2Cl)c(CNCc2ccc3c(c2)OCO3)c1. The third-order valence-corrected chi connectivity index (χ3v) is 5.05. The minimum Gasteiger partial charge on any atom is -0.489 e. The minimum absolute atomic E-state index is 0. The van der Waals surface area contributed by atoms with Crippen LogP contribution in [0.4, 0.5) is 0 Å². The fraction of sp³-hybridized carbons (Fsp3) is 0.182. The predicted octanol–water partition coefficient (Wildman–Crippen LogP) is 6.01. The van der Waals surface area contributed by atoms with Crippen molar-refractivity contribution in [3.8, 4) is 17.2 Å². The first-order chi connectivity index (χ1) is 13.7. The Bertz CT molecular complexity index is 981. The molecule has 0 fully saturated rings. The van der Waals surface area contributed by atoms with Gasteiger partial charge in [-0.15, -0.1) is 12.4 Å². The molecule has 1 aliphatic rings. The molecule has 3 aromatic rings. The Hall–Kier alpha value is -2.11. The van der Waals surface area contributed by atoms with E-state index in [4.69, 9.17) is 37.4 Å². The first-order valence-corrected chi connectivity index (χ1v) is 9.68. The normalized spacial score (nSPS) is 11.8. The highest BCUT2D eigenvalue weighted by Gasteiger charge is 2.13. The summed E-state index contributed by atoms with van der Waals surface area (Å²) in [6, 6.07) is 19.2. The number of halogens is 3. The lowest BCUT2D eigenvalue weighted by Gasteiger charge is -2.14. The van der Waals surface area contributed by atoms with Gasteiger partial charge in [-0.2, -0.15) is 0 Å². The van der Waals surface area contributed by atoms with E-state index in [2.05, 4.69) is 5.32 Å². The maximum Gasteiger partial charge on any atom is 0.231 e. The molecular formula is C22H20Cl3NO3. The minimum atomic E-state index is 0. The Morgan fingerprint density at radius 2 is 1.69 bits per heavy atom. The van der Waals surface area contributed by atoms with Gasteiger partial charge < -0.3 is 19.5 Å². The van der Waals surface area contributed by atoms with Crippen molar-refractivity contribution < 1.29 is 14.2 Å². The van der Waals surface area contributed by atoms with Crippen molar-refractivity contribution in [2.75, 3.05) is 6.79 Å². The van der Waals surface area contributed by atoms with Gasteiger partial charge in [0.2, 0.25) is 6.79 Å². The molecule has 7 heteroatoms. The highest BCUT2D eigenvalue weighted by molar-refractivity contribution is 6.31. The number of ether oxygens (including phenoxy) is 3. The van der Waals surface area contributed by atoms with Gasteiger partial charge in [-0.3, -0.25) is 0 Å². The van der Waals surface area contributed by atoms with E-state index in [1.807, 2.05) is 60.7 Å². The lowest BCUT2D eigenvalue weighted by atomic mass is 10.1. The lowest BCUT2D eigenvalue weighted by Crippen LogP contribution is -2.13. The van der Waals surface area contributed by atoms with Gasteiger partial charge in [-0.25, -0.2) is 0 Å². The summed E-state index contributed by atoms with van der Waals surface area (Å²) in [6.07, 6.45) is 0. The summed E-state index contributed by atoms with van der Waals surface area (Å²) < 4.78 is 16.8. The largest absolute Gasteiger partial charge is 0.489 e. The van der Waals surface area contributed by atoms with Crippen LogP contribution in [0.3, 0.4) is 0 Å². The van der Waals surface area contributed by atoms with E-state index in [-0.39, 0.29) is 19.2 Å². The number of nitrogens with one attached hydrogen (secondary N) is 1. The number of hydrogen-bond acceptors (Lipinski definition) is 4. The van der Waals surface area contributed by atoms with Crippen molar-refractivity contribution in [3.05, 3.63) is 87.4 Å². The molecule has 1 heterocycles. The Balaban J connectivity index is 0.00000240. The maximum absolute atomic E-state index is 6.21. The molecular weight excluding hydrogens is 433 g/mol. The molecule has 4 nitrogen and oxygen atoms in total. The summed E-state index contributed by atoms with van der Waals surface area (Å²) in [5, 5.41) is 4.79. The van der Waals surface area contributed by atoms with E-state index in [9.17, 15) is 0 Å². The zero-order valence-electron chi connectivity index (χ0n) is 15.5. The Morgan fingerprint density at radius 1 is 0.862 bits per heavy atom. The molecule has 0 aliphatic carbocycles. The number of benzene rings is 3. The molecule has 0 saturated heterocycles. The number of rotatable bonds is 7. The molecule has 3 aromatic carbocycles. The second-order valence-corrected chi connectivity index (χ2v) is 7.27.